The zero-order valence-electron chi connectivity index (χ0n) is 10.2. The Bertz CT molecular complexity index is 542. The van der Waals surface area contributed by atoms with Crippen molar-refractivity contribution in [2.45, 2.75) is 13.8 Å². The van der Waals surface area contributed by atoms with Crippen molar-refractivity contribution in [3.05, 3.63) is 42.0 Å². The molecule has 2 rings (SSSR count). The van der Waals surface area contributed by atoms with Crippen LogP contribution >= 0.6 is 0 Å². The van der Waals surface area contributed by atoms with Crippen LogP contribution in [-0.2, 0) is 0 Å². The number of nitrogens with two attached hydrogens (primary N) is 2. The lowest BCUT2D eigenvalue weighted by Crippen LogP contribution is -1.99. The van der Waals surface area contributed by atoms with E-state index >= 15 is 0 Å². The predicted molar refractivity (Wildman–Crippen MR) is 69.8 cm³/mol. The maximum atomic E-state index is 13.4. The third kappa shape index (κ3) is 2.94. The highest BCUT2D eigenvalue weighted by atomic mass is 19.1. The molecule has 0 saturated heterocycles. The van der Waals surface area contributed by atoms with E-state index in [9.17, 15) is 8.78 Å². The number of halogens is 2. The summed E-state index contributed by atoms with van der Waals surface area (Å²) in [5, 5.41) is 0. The van der Waals surface area contributed by atoms with Crippen molar-refractivity contribution in [3.8, 4) is 11.3 Å². The predicted octanol–water partition coefficient (Wildman–Crippen LogP) is 3.22. The molecular formula is C13H15F2N3. The number of aromatic nitrogens is 1. The van der Waals surface area contributed by atoms with E-state index in [0.717, 1.165) is 12.1 Å². The molecule has 1 aromatic heterocycles. The van der Waals surface area contributed by atoms with E-state index in [0.29, 0.717) is 11.4 Å². The van der Waals surface area contributed by atoms with Gasteiger partial charge in [-0.1, -0.05) is 13.8 Å². The number of pyridine rings is 1. The Morgan fingerprint density at radius 3 is 2.22 bits per heavy atom. The minimum absolute atomic E-state index is 0.126. The van der Waals surface area contributed by atoms with Crippen LogP contribution in [0, 0.1) is 11.6 Å². The summed E-state index contributed by atoms with van der Waals surface area (Å²) in [5.41, 5.74) is 11.8. The van der Waals surface area contributed by atoms with E-state index in [2.05, 4.69) is 4.98 Å². The number of nitrogen functional groups attached to an aromatic ring is 2. The first-order valence-electron chi connectivity index (χ1n) is 5.55. The molecule has 1 aromatic carbocycles. The summed E-state index contributed by atoms with van der Waals surface area (Å²) in [5.74, 6) is -1.19. The molecule has 0 fully saturated rings. The largest absolute Gasteiger partial charge is 0.396 e. The topological polar surface area (TPSA) is 64.9 Å². The van der Waals surface area contributed by atoms with Crippen LogP contribution in [0.1, 0.15) is 13.8 Å². The lowest BCUT2D eigenvalue weighted by atomic mass is 10.1. The molecule has 0 spiro atoms. The monoisotopic (exact) mass is 251 g/mol. The number of benzene rings is 1. The van der Waals surface area contributed by atoms with Gasteiger partial charge in [0.25, 0.3) is 0 Å². The Hall–Kier alpha value is -2.17. The fourth-order valence-corrected chi connectivity index (χ4v) is 1.33. The van der Waals surface area contributed by atoms with Gasteiger partial charge in [-0.05, 0) is 24.3 Å². The van der Waals surface area contributed by atoms with Crippen LogP contribution < -0.4 is 11.5 Å². The summed E-state index contributed by atoms with van der Waals surface area (Å²) in [7, 11) is 0. The first-order valence-corrected chi connectivity index (χ1v) is 5.55. The van der Waals surface area contributed by atoms with Gasteiger partial charge >= 0.3 is 0 Å². The van der Waals surface area contributed by atoms with Crippen LogP contribution in [0.4, 0.5) is 20.3 Å². The Morgan fingerprint density at radius 1 is 1.00 bits per heavy atom. The van der Waals surface area contributed by atoms with Crippen molar-refractivity contribution in [2.75, 3.05) is 11.5 Å². The molecule has 4 N–H and O–H groups in total. The quantitative estimate of drug-likeness (QED) is 0.817. The molecule has 3 nitrogen and oxygen atoms in total. The van der Waals surface area contributed by atoms with E-state index < -0.39 is 11.6 Å². The number of rotatable bonds is 1. The van der Waals surface area contributed by atoms with Gasteiger partial charge in [0.05, 0.1) is 11.4 Å². The van der Waals surface area contributed by atoms with Crippen LogP contribution in [-0.4, -0.2) is 4.98 Å². The van der Waals surface area contributed by atoms with Crippen molar-refractivity contribution in [3.63, 3.8) is 0 Å². The molecule has 2 aromatic rings. The summed E-state index contributed by atoms with van der Waals surface area (Å²) < 4.78 is 26.1. The van der Waals surface area contributed by atoms with Crippen molar-refractivity contribution >= 4 is 11.5 Å². The van der Waals surface area contributed by atoms with Gasteiger partial charge in [-0.3, -0.25) is 0 Å². The average Bonchev–Trinajstić information content (AvgIpc) is 2.35. The average molecular weight is 251 g/mol. The Labute approximate surface area is 104 Å². The van der Waals surface area contributed by atoms with Gasteiger partial charge in [-0.25, -0.2) is 13.8 Å². The molecular weight excluding hydrogens is 236 g/mol. The van der Waals surface area contributed by atoms with E-state index in [-0.39, 0.29) is 11.4 Å². The summed E-state index contributed by atoms with van der Waals surface area (Å²) in [6.45, 7) is 4.00. The molecule has 1 heterocycles. The molecule has 0 amide bonds. The second-order valence-electron chi connectivity index (χ2n) is 3.30. The summed E-state index contributed by atoms with van der Waals surface area (Å²) in [6, 6.07) is 6.32. The van der Waals surface area contributed by atoms with Gasteiger partial charge < -0.3 is 11.5 Å². The van der Waals surface area contributed by atoms with E-state index in [4.69, 9.17) is 11.5 Å². The van der Waals surface area contributed by atoms with Crippen molar-refractivity contribution in [2.24, 2.45) is 0 Å². The summed E-state index contributed by atoms with van der Waals surface area (Å²) >= 11 is 0. The highest BCUT2D eigenvalue weighted by molar-refractivity contribution is 5.67. The fraction of sp³-hybridized carbons (Fsp3) is 0.154. The molecule has 0 aliphatic carbocycles. The van der Waals surface area contributed by atoms with Crippen LogP contribution in [0.3, 0.4) is 0 Å². The van der Waals surface area contributed by atoms with Gasteiger partial charge in [0.2, 0.25) is 0 Å². The molecule has 18 heavy (non-hydrogen) atoms. The van der Waals surface area contributed by atoms with Crippen LogP contribution in [0.5, 0.6) is 0 Å². The van der Waals surface area contributed by atoms with Gasteiger partial charge in [-0.15, -0.1) is 0 Å². The standard InChI is InChI=1S/C11H9F2N3.C2H6/c12-6-1-2-7(8(13)5-6)10-4-3-9(14)11(15)16-10;1-2/h1-5H,14H2,(H2,15,16);1-2H3. The third-order valence-electron chi connectivity index (χ3n) is 2.16. The minimum Gasteiger partial charge on any atom is -0.396 e. The maximum Gasteiger partial charge on any atom is 0.147 e. The number of hydrogen-bond donors (Lipinski definition) is 2. The zero-order valence-corrected chi connectivity index (χ0v) is 10.2. The fourth-order valence-electron chi connectivity index (χ4n) is 1.33. The van der Waals surface area contributed by atoms with Crippen LogP contribution in [0.25, 0.3) is 11.3 Å². The highest BCUT2D eigenvalue weighted by Crippen LogP contribution is 2.24. The lowest BCUT2D eigenvalue weighted by molar-refractivity contribution is 0.585. The second-order valence-corrected chi connectivity index (χ2v) is 3.30. The molecule has 0 aliphatic rings. The molecule has 0 bridgehead atoms. The molecule has 96 valence electrons. The Morgan fingerprint density at radius 2 is 1.67 bits per heavy atom. The van der Waals surface area contributed by atoms with Crippen molar-refractivity contribution in [1.29, 1.82) is 0 Å². The maximum absolute atomic E-state index is 13.4. The van der Waals surface area contributed by atoms with Gasteiger partial charge in [0.1, 0.15) is 17.5 Å². The normalized spacial score (nSPS) is 9.56. The van der Waals surface area contributed by atoms with E-state index in [1.807, 2.05) is 13.8 Å². The Kier molecular flexibility index (Phi) is 4.59. The number of nitrogens with zero attached hydrogens (tertiary/aromatic N) is 1. The SMILES string of the molecule is CC.Nc1ccc(-c2ccc(F)cc2F)nc1N. The van der Waals surface area contributed by atoms with Gasteiger partial charge in [-0.2, -0.15) is 0 Å². The molecule has 0 atom stereocenters. The highest BCUT2D eigenvalue weighted by Gasteiger charge is 2.08. The van der Waals surface area contributed by atoms with Gasteiger partial charge in [0, 0.05) is 11.6 Å². The minimum atomic E-state index is -0.684. The first kappa shape index (κ1) is 13.9. The first-order chi connectivity index (χ1) is 8.58. The van der Waals surface area contributed by atoms with E-state index in [1.165, 1.54) is 18.2 Å². The third-order valence-corrected chi connectivity index (χ3v) is 2.16. The molecule has 0 saturated carbocycles. The van der Waals surface area contributed by atoms with E-state index in [1.54, 1.807) is 0 Å². The van der Waals surface area contributed by atoms with Crippen molar-refractivity contribution in [1.82, 2.24) is 4.98 Å². The number of hydrogen-bond acceptors (Lipinski definition) is 3. The number of anilines is 2. The van der Waals surface area contributed by atoms with Crippen LogP contribution in [0.2, 0.25) is 0 Å². The lowest BCUT2D eigenvalue weighted by Gasteiger charge is -2.05. The van der Waals surface area contributed by atoms with Crippen molar-refractivity contribution < 1.29 is 8.78 Å². The Balaban J connectivity index is 0.000000771. The summed E-state index contributed by atoms with van der Waals surface area (Å²) in [4.78, 5) is 3.92. The molecule has 5 heteroatoms. The molecule has 0 radical (unpaired) electrons. The summed E-state index contributed by atoms with van der Waals surface area (Å²) in [6.07, 6.45) is 0. The van der Waals surface area contributed by atoms with Gasteiger partial charge in [0.15, 0.2) is 0 Å². The molecule has 0 unspecified atom stereocenters. The zero-order chi connectivity index (χ0) is 13.7. The van der Waals surface area contributed by atoms with Crippen LogP contribution in [0.15, 0.2) is 30.3 Å². The molecule has 0 aliphatic heterocycles. The second kappa shape index (κ2) is 5.95. The smallest absolute Gasteiger partial charge is 0.147 e.